The van der Waals surface area contributed by atoms with Crippen molar-refractivity contribution in [1.82, 2.24) is 0 Å². The number of ether oxygens (including phenoxy) is 4. The second-order valence-corrected chi connectivity index (χ2v) is 15.6. The van der Waals surface area contributed by atoms with Crippen LogP contribution in [0.15, 0.2) is 36.4 Å². The minimum absolute atomic E-state index is 0.226. The maximum absolute atomic E-state index is 11.3. The van der Waals surface area contributed by atoms with Gasteiger partial charge in [-0.1, -0.05) is 12.1 Å². The third-order valence-electron chi connectivity index (χ3n) is 4.74. The molecule has 2 aromatic rings. The van der Waals surface area contributed by atoms with Gasteiger partial charge in [-0.05, 0) is 24.3 Å². The quantitative estimate of drug-likeness (QED) is 0.194. The van der Waals surface area contributed by atoms with Gasteiger partial charge in [0, 0.05) is 0 Å². The van der Waals surface area contributed by atoms with E-state index in [1.165, 1.54) is 32.4 Å². The summed E-state index contributed by atoms with van der Waals surface area (Å²) < 4.78 is 128. The molecule has 0 aromatic heterocycles. The molecule has 0 aliphatic carbocycles. The Morgan fingerprint density at radius 3 is 1.22 bits per heavy atom. The van der Waals surface area contributed by atoms with E-state index in [0.29, 0.717) is 11.5 Å². The van der Waals surface area contributed by atoms with Crippen LogP contribution in [-0.4, -0.2) is 122 Å². The van der Waals surface area contributed by atoms with Gasteiger partial charge in [0.2, 0.25) is 11.5 Å². The third kappa shape index (κ3) is 17.5. The molecule has 0 aliphatic heterocycles. The van der Waals surface area contributed by atoms with Gasteiger partial charge in [0.05, 0.1) is 52.5 Å². The first-order valence-corrected chi connectivity index (χ1v) is 19.7. The van der Waals surface area contributed by atoms with E-state index >= 15 is 0 Å². The molecule has 18 nitrogen and oxygen atoms in total. The van der Waals surface area contributed by atoms with E-state index in [1.54, 1.807) is 18.2 Å². The number of phenols is 2. The molecular weight excluding hydrogens is 705 g/mol. The molecule has 46 heavy (non-hydrogen) atoms. The van der Waals surface area contributed by atoms with Crippen LogP contribution < -0.4 is 18.9 Å². The molecule has 0 bridgehead atoms. The molecule has 0 aliphatic rings. The summed E-state index contributed by atoms with van der Waals surface area (Å²) in [6.07, 6.45) is 0.782. The summed E-state index contributed by atoms with van der Waals surface area (Å²) in [5.41, 5.74) is 0. The highest BCUT2D eigenvalue weighted by Gasteiger charge is 2.23. The first kappa shape index (κ1) is 40.9. The van der Waals surface area contributed by atoms with Gasteiger partial charge in [-0.2, -0.15) is 33.7 Å². The lowest BCUT2D eigenvalue weighted by atomic mass is 10.3. The van der Waals surface area contributed by atoms with E-state index in [2.05, 4.69) is 12.5 Å². The molecule has 0 saturated carbocycles. The smallest absolute Gasteiger partial charge is 0.264 e. The molecule has 22 heteroatoms. The van der Waals surface area contributed by atoms with E-state index in [9.17, 15) is 43.9 Å². The Morgan fingerprint density at radius 1 is 0.543 bits per heavy atom. The summed E-state index contributed by atoms with van der Waals surface area (Å²) in [6, 6.07) is 8.79. The molecule has 0 heterocycles. The average molecular weight is 741 g/mol. The summed E-state index contributed by atoms with van der Waals surface area (Å²) in [5.74, 6) is -0.0924. The zero-order chi connectivity index (χ0) is 35.3. The predicted octanol–water partition coefficient (Wildman–Crippen LogP) is 0.201. The van der Waals surface area contributed by atoms with Crippen molar-refractivity contribution in [1.29, 1.82) is 0 Å². The number of para-hydroxylation sites is 2. The summed E-state index contributed by atoms with van der Waals surface area (Å²) in [7, 11) is -12.4. The molecule has 0 fully saturated rings. The Labute approximate surface area is 268 Å². The number of benzene rings is 2. The lowest BCUT2D eigenvalue weighted by Crippen LogP contribution is -2.30. The van der Waals surface area contributed by atoms with Gasteiger partial charge in [-0.25, -0.2) is 0 Å². The summed E-state index contributed by atoms with van der Waals surface area (Å²) in [6.45, 7) is -1.92. The van der Waals surface area contributed by atoms with Crippen molar-refractivity contribution >= 4 is 40.5 Å². The Kier molecular flexibility index (Phi) is 15.7. The standard InChI is InChI=1S/C13H20O9S2.C11H16O9S2/c1-18-11-6-5-7-12(19-2)13(11)20-8-10(22-24(4,16)17)9-21-23(3,14)15;1-21(14,15)19-7-8(20-22(2,16)17)6-18-11-9(12)4-3-5-10(11)13/h5-7,10H,8-9H2,1-4H3;3-5,8,12-13H,6-7H2,1-2H3/t10-;8-/m00/s1. The normalized spacial score (nSPS) is 13.5. The Morgan fingerprint density at radius 2 is 0.891 bits per heavy atom. The lowest BCUT2D eigenvalue weighted by molar-refractivity contribution is 0.0871. The van der Waals surface area contributed by atoms with Gasteiger partial charge in [0.25, 0.3) is 40.5 Å². The summed E-state index contributed by atoms with van der Waals surface area (Å²) >= 11 is 0. The molecule has 2 atom stereocenters. The van der Waals surface area contributed by atoms with Gasteiger partial charge in [-0.15, -0.1) is 0 Å². The second kappa shape index (κ2) is 17.7. The number of hydrogen-bond donors (Lipinski definition) is 2. The largest absolute Gasteiger partial charge is 0.504 e. The van der Waals surface area contributed by atoms with Crippen molar-refractivity contribution in [2.75, 3.05) is 65.7 Å². The topological polar surface area (TPSA) is 251 Å². The fraction of sp³-hybridized carbons (Fsp3) is 0.500. The van der Waals surface area contributed by atoms with Gasteiger partial charge in [0.1, 0.15) is 25.4 Å². The van der Waals surface area contributed by atoms with E-state index in [-0.39, 0.29) is 29.6 Å². The van der Waals surface area contributed by atoms with Gasteiger partial charge in [0.15, 0.2) is 23.0 Å². The molecule has 0 spiro atoms. The zero-order valence-electron chi connectivity index (χ0n) is 25.5. The number of phenolic OH excluding ortho intramolecular Hbond substituents is 2. The minimum Gasteiger partial charge on any atom is -0.504 e. The highest BCUT2D eigenvalue weighted by Crippen LogP contribution is 2.37. The molecular formula is C24H36O18S4. The molecule has 0 amide bonds. The highest BCUT2D eigenvalue weighted by molar-refractivity contribution is 7.86. The zero-order valence-corrected chi connectivity index (χ0v) is 28.8. The van der Waals surface area contributed by atoms with E-state index < -0.39 is 72.5 Å². The van der Waals surface area contributed by atoms with Crippen molar-refractivity contribution < 1.29 is 79.6 Å². The summed E-state index contributed by atoms with van der Waals surface area (Å²) in [5, 5.41) is 19.0. The minimum atomic E-state index is -3.90. The monoisotopic (exact) mass is 740 g/mol. The molecule has 0 saturated heterocycles. The Hall–Kier alpha value is -3.12. The van der Waals surface area contributed by atoms with Crippen LogP contribution in [0.5, 0.6) is 34.5 Å². The van der Waals surface area contributed by atoms with Gasteiger partial charge < -0.3 is 29.2 Å². The maximum Gasteiger partial charge on any atom is 0.264 e. The van der Waals surface area contributed by atoms with Crippen LogP contribution in [-0.2, 0) is 57.2 Å². The van der Waals surface area contributed by atoms with Crippen molar-refractivity contribution in [2.45, 2.75) is 12.2 Å². The van der Waals surface area contributed by atoms with E-state index in [1.807, 2.05) is 0 Å². The van der Waals surface area contributed by atoms with Gasteiger partial charge >= 0.3 is 0 Å². The van der Waals surface area contributed by atoms with Crippen LogP contribution in [0.1, 0.15) is 0 Å². The predicted molar refractivity (Wildman–Crippen MR) is 161 cm³/mol. The Balaban J connectivity index is 0.000000462. The summed E-state index contributed by atoms with van der Waals surface area (Å²) in [4.78, 5) is 0. The fourth-order valence-electron chi connectivity index (χ4n) is 3.07. The van der Waals surface area contributed by atoms with Crippen LogP contribution in [0.2, 0.25) is 0 Å². The lowest BCUT2D eigenvalue weighted by Gasteiger charge is -2.19. The van der Waals surface area contributed by atoms with Crippen molar-refractivity contribution in [3.05, 3.63) is 36.4 Å². The maximum atomic E-state index is 11.3. The number of hydrogen-bond acceptors (Lipinski definition) is 18. The number of rotatable bonds is 18. The molecule has 0 unspecified atom stereocenters. The molecule has 2 aromatic carbocycles. The second-order valence-electron chi connectivity index (χ2n) is 9.06. The molecule has 2 rings (SSSR count). The third-order valence-corrected chi connectivity index (χ3v) is 7.11. The van der Waals surface area contributed by atoms with E-state index in [0.717, 1.165) is 25.0 Å². The average Bonchev–Trinajstić information content (AvgIpc) is 2.90. The van der Waals surface area contributed by atoms with Crippen LogP contribution in [0, 0.1) is 0 Å². The first-order chi connectivity index (χ1) is 21.0. The number of methoxy groups -OCH3 is 2. The SMILES string of the molecule is COc1cccc(OC)c1OC[C@@H](COS(C)(=O)=O)OS(C)(=O)=O.CS(=O)(=O)OC[C@H](COc1c(O)cccc1O)OS(C)(=O)=O. The highest BCUT2D eigenvalue weighted by atomic mass is 32.2. The number of aromatic hydroxyl groups is 2. The van der Waals surface area contributed by atoms with Gasteiger partial charge in [-0.3, -0.25) is 16.7 Å². The van der Waals surface area contributed by atoms with Crippen LogP contribution in [0.3, 0.4) is 0 Å². The fourth-order valence-corrected chi connectivity index (χ4v) is 5.08. The van der Waals surface area contributed by atoms with Crippen LogP contribution in [0.25, 0.3) is 0 Å². The van der Waals surface area contributed by atoms with Crippen molar-refractivity contribution in [2.24, 2.45) is 0 Å². The van der Waals surface area contributed by atoms with Crippen molar-refractivity contribution in [3.8, 4) is 34.5 Å². The first-order valence-electron chi connectivity index (χ1n) is 12.5. The van der Waals surface area contributed by atoms with E-state index in [4.69, 9.17) is 23.1 Å². The van der Waals surface area contributed by atoms with Crippen LogP contribution >= 0.6 is 0 Å². The Bertz CT molecular complexity index is 1660. The molecule has 2 N–H and O–H groups in total. The van der Waals surface area contributed by atoms with Crippen molar-refractivity contribution in [3.63, 3.8) is 0 Å². The molecule has 264 valence electrons. The molecule has 0 radical (unpaired) electrons. The van der Waals surface area contributed by atoms with Crippen LogP contribution in [0.4, 0.5) is 0 Å².